The van der Waals surface area contributed by atoms with Gasteiger partial charge in [-0.25, -0.2) is 13.1 Å². The van der Waals surface area contributed by atoms with E-state index < -0.39 is 20.5 Å². The number of methoxy groups -OCH3 is 1. The van der Waals surface area contributed by atoms with Gasteiger partial charge in [0.2, 0.25) is 10.0 Å². The molecule has 0 spiro atoms. The number of nitro groups is 1. The Morgan fingerprint density at radius 2 is 1.87 bits per heavy atom. The molecule has 1 aromatic heterocycles. The van der Waals surface area contributed by atoms with Crippen LogP contribution in [0.1, 0.15) is 20.8 Å². The minimum absolute atomic E-state index is 0.0624. The van der Waals surface area contributed by atoms with E-state index in [1.807, 2.05) is 0 Å². The Balaban J connectivity index is 1.92. The summed E-state index contributed by atoms with van der Waals surface area (Å²) < 4.78 is 38.4. The lowest BCUT2D eigenvalue weighted by atomic mass is 10.1. The molecule has 0 saturated carbocycles. The molecule has 0 bridgehead atoms. The Morgan fingerprint density at radius 3 is 2.52 bits per heavy atom. The van der Waals surface area contributed by atoms with Crippen molar-refractivity contribution in [3.8, 4) is 17.2 Å². The number of rotatable bonds is 7. The second-order valence-corrected chi connectivity index (χ2v) is 10.1. The van der Waals surface area contributed by atoms with Crippen LogP contribution < -0.4 is 9.46 Å². The zero-order valence-corrected chi connectivity index (χ0v) is 18.8. The summed E-state index contributed by atoms with van der Waals surface area (Å²) in [7, 11) is -2.42. The first-order chi connectivity index (χ1) is 14.5. The molecule has 1 heterocycles. The number of sulfonamides is 1. The molecule has 31 heavy (non-hydrogen) atoms. The van der Waals surface area contributed by atoms with Crippen LogP contribution in [-0.2, 0) is 10.0 Å². The normalized spacial score (nSPS) is 12.0. The van der Waals surface area contributed by atoms with Crippen molar-refractivity contribution < 1.29 is 22.5 Å². The van der Waals surface area contributed by atoms with Gasteiger partial charge >= 0.3 is 0 Å². The summed E-state index contributed by atoms with van der Waals surface area (Å²) in [5.74, 6) is 0.728. The molecule has 10 nitrogen and oxygen atoms in total. The molecule has 164 valence electrons. The van der Waals surface area contributed by atoms with Crippen molar-refractivity contribution in [2.24, 2.45) is 0 Å². The number of hydrogen-bond acceptors (Lipinski definition) is 9. The Labute approximate surface area is 183 Å². The van der Waals surface area contributed by atoms with Crippen LogP contribution >= 0.6 is 11.8 Å². The second-order valence-electron chi connectivity index (χ2n) is 7.42. The van der Waals surface area contributed by atoms with Crippen LogP contribution in [0.15, 0.2) is 61.9 Å². The highest BCUT2D eigenvalue weighted by atomic mass is 32.2. The molecule has 0 aliphatic carbocycles. The first-order valence-electron chi connectivity index (χ1n) is 8.97. The van der Waals surface area contributed by atoms with E-state index in [9.17, 15) is 18.5 Å². The zero-order chi connectivity index (χ0) is 22.8. The highest BCUT2D eigenvalue weighted by Crippen LogP contribution is 2.37. The molecule has 3 aromatic rings. The fourth-order valence-corrected chi connectivity index (χ4v) is 4.83. The van der Waals surface area contributed by atoms with Crippen molar-refractivity contribution in [1.29, 1.82) is 0 Å². The van der Waals surface area contributed by atoms with E-state index in [0.29, 0.717) is 11.3 Å². The zero-order valence-electron chi connectivity index (χ0n) is 17.1. The molecule has 0 aliphatic heterocycles. The quantitative estimate of drug-likeness (QED) is 0.408. The molecule has 0 fully saturated rings. The van der Waals surface area contributed by atoms with Gasteiger partial charge < -0.3 is 9.15 Å². The Hall–Kier alpha value is -2.96. The first kappa shape index (κ1) is 22.7. The van der Waals surface area contributed by atoms with Crippen molar-refractivity contribution in [2.75, 3.05) is 7.11 Å². The third-order valence-corrected chi connectivity index (χ3v) is 6.48. The van der Waals surface area contributed by atoms with Crippen LogP contribution in [-0.4, -0.2) is 36.2 Å². The van der Waals surface area contributed by atoms with E-state index >= 15 is 0 Å². The number of hydrogen-bond donors (Lipinski definition) is 1. The third-order valence-electron chi connectivity index (χ3n) is 3.82. The monoisotopic (exact) mass is 464 g/mol. The number of nitrogens with one attached hydrogen (secondary N) is 1. The minimum Gasteiger partial charge on any atom is -0.496 e. The van der Waals surface area contributed by atoms with Gasteiger partial charge in [-0.2, -0.15) is 0 Å². The van der Waals surface area contributed by atoms with Gasteiger partial charge in [0, 0.05) is 11.6 Å². The molecule has 0 amide bonds. The standard InChI is InChI=1S/C19H20N4O6S2/c1-19(2,3)22-31(26,27)12-9-10-16(14(11-12)23(24)25)30-18-21-20-17(29-18)13-7-5-6-8-15(13)28-4/h5-11,22H,1-4H3. The Kier molecular flexibility index (Phi) is 6.34. The number of para-hydroxylation sites is 1. The number of nitro benzene ring substituents is 1. The third kappa shape index (κ3) is 5.40. The number of benzene rings is 2. The largest absolute Gasteiger partial charge is 0.496 e. The molecule has 1 N–H and O–H groups in total. The summed E-state index contributed by atoms with van der Waals surface area (Å²) in [6, 6.07) is 10.7. The van der Waals surface area contributed by atoms with Crippen LogP contribution in [0.3, 0.4) is 0 Å². The maximum absolute atomic E-state index is 12.5. The molecule has 3 rings (SSSR count). The summed E-state index contributed by atoms with van der Waals surface area (Å²) >= 11 is 0.866. The molecule has 12 heteroatoms. The van der Waals surface area contributed by atoms with E-state index in [1.54, 1.807) is 45.0 Å². The van der Waals surface area contributed by atoms with Gasteiger partial charge in [0.25, 0.3) is 16.8 Å². The molecule has 0 saturated heterocycles. The second kappa shape index (κ2) is 8.65. The van der Waals surface area contributed by atoms with Crippen molar-refractivity contribution in [3.63, 3.8) is 0 Å². The fourth-order valence-electron chi connectivity index (χ4n) is 2.63. The van der Waals surface area contributed by atoms with Crippen LogP contribution in [0.5, 0.6) is 5.75 Å². The molecule has 0 atom stereocenters. The summed E-state index contributed by atoms with van der Waals surface area (Å²) in [5, 5.41) is 19.5. The van der Waals surface area contributed by atoms with Crippen molar-refractivity contribution in [3.05, 3.63) is 52.6 Å². The lowest BCUT2D eigenvalue weighted by molar-refractivity contribution is -0.388. The average molecular weight is 465 g/mol. The lowest BCUT2D eigenvalue weighted by Gasteiger charge is -2.20. The van der Waals surface area contributed by atoms with Crippen molar-refractivity contribution in [2.45, 2.75) is 41.3 Å². The predicted octanol–water partition coefficient (Wildman–Crippen LogP) is 3.88. The highest BCUT2D eigenvalue weighted by Gasteiger charge is 2.26. The van der Waals surface area contributed by atoms with Gasteiger partial charge in [-0.05, 0) is 56.8 Å². The minimum atomic E-state index is -3.93. The van der Waals surface area contributed by atoms with Crippen LogP contribution in [0.25, 0.3) is 11.5 Å². The van der Waals surface area contributed by atoms with Crippen molar-refractivity contribution in [1.82, 2.24) is 14.9 Å². The van der Waals surface area contributed by atoms with E-state index in [4.69, 9.17) is 9.15 Å². The number of ether oxygens (including phenoxy) is 1. The average Bonchev–Trinajstić information content (AvgIpc) is 3.14. The van der Waals surface area contributed by atoms with E-state index in [0.717, 1.165) is 17.8 Å². The lowest BCUT2D eigenvalue weighted by Crippen LogP contribution is -2.40. The van der Waals surface area contributed by atoms with Crippen LogP contribution in [0, 0.1) is 10.1 Å². The Morgan fingerprint density at radius 1 is 1.16 bits per heavy atom. The van der Waals surface area contributed by atoms with Gasteiger partial charge in [0.1, 0.15) is 5.75 Å². The van der Waals surface area contributed by atoms with Crippen LogP contribution in [0.2, 0.25) is 0 Å². The summed E-state index contributed by atoms with van der Waals surface area (Å²) in [4.78, 5) is 10.9. The highest BCUT2D eigenvalue weighted by molar-refractivity contribution is 7.99. The summed E-state index contributed by atoms with van der Waals surface area (Å²) in [6.45, 7) is 5.04. The topological polar surface area (TPSA) is 137 Å². The smallest absolute Gasteiger partial charge is 0.284 e. The van der Waals surface area contributed by atoms with Gasteiger partial charge in [-0.3, -0.25) is 10.1 Å². The SMILES string of the molecule is COc1ccccc1-c1nnc(Sc2ccc(S(=O)(=O)NC(C)(C)C)cc2[N+](=O)[O-])o1. The fraction of sp³-hybridized carbons (Fsp3) is 0.263. The molecule has 0 radical (unpaired) electrons. The van der Waals surface area contributed by atoms with Gasteiger partial charge in [0.05, 0.1) is 27.4 Å². The molecule has 0 unspecified atom stereocenters. The Bertz CT molecular complexity index is 1220. The predicted molar refractivity (Wildman–Crippen MR) is 114 cm³/mol. The van der Waals surface area contributed by atoms with Gasteiger partial charge in [-0.1, -0.05) is 12.1 Å². The molecule has 0 aliphatic rings. The van der Waals surface area contributed by atoms with E-state index in [1.165, 1.54) is 19.2 Å². The van der Waals surface area contributed by atoms with Crippen molar-refractivity contribution >= 4 is 27.5 Å². The molecular formula is C19H20N4O6S2. The molecule has 2 aromatic carbocycles. The van der Waals surface area contributed by atoms with Gasteiger partial charge in [-0.15, -0.1) is 10.2 Å². The summed E-state index contributed by atoms with van der Waals surface area (Å²) in [5.41, 5.74) is -0.549. The first-order valence-corrected chi connectivity index (χ1v) is 11.3. The van der Waals surface area contributed by atoms with E-state index in [-0.39, 0.29) is 26.6 Å². The maximum atomic E-state index is 12.5. The number of aromatic nitrogens is 2. The van der Waals surface area contributed by atoms with Crippen LogP contribution in [0.4, 0.5) is 5.69 Å². The molecular weight excluding hydrogens is 444 g/mol. The number of nitrogens with zero attached hydrogens (tertiary/aromatic N) is 3. The summed E-state index contributed by atoms with van der Waals surface area (Å²) in [6.07, 6.45) is 0. The van der Waals surface area contributed by atoms with Gasteiger partial charge in [0.15, 0.2) is 0 Å². The maximum Gasteiger partial charge on any atom is 0.284 e. The van der Waals surface area contributed by atoms with E-state index in [2.05, 4.69) is 14.9 Å².